The molecule has 1 atom stereocenters. The Hall–Kier alpha value is -1.62. The van der Waals surface area contributed by atoms with Crippen molar-refractivity contribution in [2.24, 2.45) is 0 Å². The van der Waals surface area contributed by atoms with Crippen LogP contribution in [0, 0.1) is 6.92 Å². The molecule has 17 heavy (non-hydrogen) atoms. The molecular weight excluding hydrogens is 218 g/mol. The van der Waals surface area contributed by atoms with Crippen molar-refractivity contribution in [1.29, 1.82) is 0 Å². The zero-order valence-electron chi connectivity index (χ0n) is 9.76. The minimum atomic E-state index is -0.313. The summed E-state index contributed by atoms with van der Waals surface area (Å²) in [7, 11) is 0. The first-order valence-electron chi connectivity index (χ1n) is 5.88. The third kappa shape index (κ3) is 1.98. The van der Waals surface area contributed by atoms with Gasteiger partial charge in [-0.15, -0.1) is 0 Å². The molecule has 0 aromatic carbocycles. The van der Waals surface area contributed by atoms with Crippen LogP contribution >= 0.6 is 0 Å². The van der Waals surface area contributed by atoms with E-state index in [1.807, 2.05) is 10.8 Å². The van der Waals surface area contributed by atoms with E-state index in [2.05, 4.69) is 16.3 Å². The monoisotopic (exact) mass is 233 g/mol. The summed E-state index contributed by atoms with van der Waals surface area (Å²) in [5, 5.41) is 13.7. The fraction of sp³-hybridized carbons (Fsp3) is 0.500. The van der Waals surface area contributed by atoms with Gasteiger partial charge in [0.05, 0.1) is 12.6 Å². The third-order valence-electron chi connectivity index (χ3n) is 3.17. The predicted octanol–water partition coefficient (Wildman–Crippen LogP) is 1.60. The molecule has 0 fully saturated rings. The lowest BCUT2D eigenvalue weighted by Gasteiger charge is -2.16. The standard InChI is InChI=1S/C12H15N3O2/c1-8-13-12(14-17-8)7-15-5-9-3-2-4-11(16)10(9)6-15/h5-6,11,16H,2-4,7H2,1H3. The summed E-state index contributed by atoms with van der Waals surface area (Å²) in [6.45, 7) is 2.37. The zero-order chi connectivity index (χ0) is 11.8. The fourth-order valence-electron chi connectivity index (χ4n) is 2.38. The van der Waals surface area contributed by atoms with E-state index in [0.717, 1.165) is 24.8 Å². The SMILES string of the molecule is Cc1nc(Cn2cc3c(c2)C(O)CCC3)no1. The number of aliphatic hydroxyl groups is 1. The van der Waals surface area contributed by atoms with E-state index < -0.39 is 0 Å². The van der Waals surface area contributed by atoms with Crippen molar-refractivity contribution in [2.75, 3.05) is 0 Å². The Balaban J connectivity index is 1.85. The molecular formula is C12H15N3O2. The van der Waals surface area contributed by atoms with Gasteiger partial charge in [-0.1, -0.05) is 5.16 Å². The Morgan fingerprint density at radius 2 is 2.41 bits per heavy atom. The molecule has 90 valence electrons. The average Bonchev–Trinajstić information content (AvgIpc) is 2.86. The van der Waals surface area contributed by atoms with Crippen molar-refractivity contribution in [3.05, 3.63) is 35.2 Å². The molecule has 0 saturated heterocycles. The highest BCUT2D eigenvalue weighted by atomic mass is 16.5. The number of hydrogen-bond acceptors (Lipinski definition) is 4. The summed E-state index contributed by atoms with van der Waals surface area (Å²) >= 11 is 0. The Labute approximate surface area is 99.1 Å². The largest absolute Gasteiger partial charge is 0.388 e. The zero-order valence-corrected chi connectivity index (χ0v) is 9.76. The van der Waals surface area contributed by atoms with E-state index in [9.17, 15) is 5.11 Å². The van der Waals surface area contributed by atoms with Gasteiger partial charge in [-0.2, -0.15) is 4.98 Å². The molecule has 5 nitrogen and oxygen atoms in total. The number of nitrogens with zero attached hydrogens (tertiary/aromatic N) is 3. The number of aliphatic hydroxyl groups excluding tert-OH is 1. The normalized spacial score (nSPS) is 19.3. The highest BCUT2D eigenvalue weighted by molar-refractivity contribution is 5.29. The minimum absolute atomic E-state index is 0.313. The van der Waals surface area contributed by atoms with Crippen molar-refractivity contribution in [3.8, 4) is 0 Å². The summed E-state index contributed by atoms with van der Waals surface area (Å²) in [6.07, 6.45) is 6.71. The Morgan fingerprint density at radius 1 is 1.53 bits per heavy atom. The second-order valence-electron chi connectivity index (χ2n) is 4.55. The number of hydrogen-bond donors (Lipinski definition) is 1. The predicted molar refractivity (Wildman–Crippen MR) is 60.5 cm³/mol. The summed E-state index contributed by atoms with van der Waals surface area (Å²) in [5.74, 6) is 1.25. The second-order valence-corrected chi connectivity index (χ2v) is 4.55. The van der Waals surface area contributed by atoms with Crippen LogP contribution in [-0.4, -0.2) is 19.8 Å². The molecule has 1 N–H and O–H groups in total. The van der Waals surface area contributed by atoms with Gasteiger partial charge in [0.2, 0.25) is 5.89 Å². The molecule has 2 heterocycles. The van der Waals surface area contributed by atoms with Crippen LogP contribution in [0.3, 0.4) is 0 Å². The van der Waals surface area contributed by atoms with Gasteiger partial charge in [-0.3, -0.25) is 0 Å². The third-order valence-corrected chi connectivity index (χ3v) is 3.17. The molecule has 1 aliphatic rings. The molecule has 0 bridgehead atoms. The van der Waals surface area contributed by atoms with Gasteiger partial charge in [0, 0.05) is 24.9 Å². The maximum Gasteiger partial charge on any atom is 0.223 e. The van der Waals surface area contributed by atoms with E-state index in [-0.39, 0.29) is 6.10 Å². The number of fused-ring (bicyclic) bond motifs is 1. The molecule has 2 aromatic rings. The highest BCUT2D eigenvalue weighted by Gasteiger charge is 2.20. The van der Waals surface area contributed by atoms with Crippen molar-refractivity contribution in [3.63, 3.8) is 0 Å². The molecule has 3 rings (SSSR count). The van der Waals surface area contributed by atoms with Crippen LogP contribution in [-0.2, 0) is 13.0 Å². The van der Waals surface area contributed by atoms with Crippen molar-refractivity contribution >= 4 is 0 Å². The van der Waals surface area contributed by atoms with Crippen LogP contribution in [0.4, 0.5) is 0 Å². The first-order valence-corrected chi connectivity index (χ1v) is 5.88. The topological polar surface area (TPSA) is 64.1 Å². The van der Waals surface area contributed by atoms with Gasteiger partial charge in [0.15, 0.2) is 5.82 Å². The lowest BCUT2D eigenvalue weighted by Crippen LogP contribution is -2.05. The molecule has 2 aromatic heterocycles. The number of rotatable bonds is 2. The van der Waals surface area contributed by atoms with Gasteiger partial charge >= 0.3 is 0 Å². The summed E-state index contributed by atoms with van der Waals surface area (Å²) in [6, 6.07) is 0. The van der Waals surface area contributed by atoms with Gasteiger partial charge in [0.1, 0.15) is 0 Å². The van der Waals surface area contributed by atoms with Crippen LogP contribution in [0.15, 0.2) is 16.9 Å². The smallest absolute Gasteiger partial charge is 0.223 e. The maximum absolute atomic E-state index is 9.88. The molecule has 1 aliphatic carbocycles. The quantitative estimate of drug-likeness (QED) is 0.855. The van der Waals surface area contributed by atoms with Crippen molar-refractivity contribution in [1.82, 2.24) is 14.7 Å². The maximum atomic E-state index is 9.88. The molecule has 1 unspecified atom stereocenters. The van der Waals surface area contributed by atoms with E-state index in [1.54, 1.807) is 6.92 Å². The van der Waals surface area contributed by atoms with Crippen molar-refractivity contribution < 1.29 is 9.63 Å². The summed E-state index contributed by atoms with van der Waals surface area (Å²) < 4.78 is 6.95. The summed E-state index contributed by atoms with van der Waals surface area (Å²) in [5.41, 5.74) is 2.29. The average molecular weight is 233 g/mol. The number of aryl methyl sites for hydroxylation is 2. The molecule has 0 radical (unpaired) electrons. The Morgan fingerprint density at radius 3 is 3.12 bits per heavy atom. The molecule has 5 heteroatoms. The second kappa shape index (κ2) is 4.00. The lowest BCUT2D eigenvalue weighted by molar-refractivity contribution is 0.157. The first kappa shape index (κ1) is 10.5. The van der Waals surface area contributed by atoms with Crippen LogP contribution in [0.1, 0.15) is 41.8 Å². The molecule has 0 aliphatic heterocycles. The van der Waals surface area contributed by atoms with Crippen LogP contribution in [0.25, 0.3) is 0 Å². The van der Waals surface area contributed by atoms with Gasteiger partial charge < -0.3 is 14.2 Å². The van der Waals surface area contributed by atoms with Crippen molar-refractivity contribution in [2.45, 2.75) is 38.8 Å². The first-order chi connectivity index (χ1) is 8.22. The number of aromatic nitrogens is 3. The lowest BCUT2D eigenvalue weighted by atomic mass is 9.93. The Bertz CT molecular complexity index is 530. The molecule has 0 spiro atoms. The fourth-order valence-corrected chi connectivity index (χ4v) is 2.38. The van der Waals surface area contributed by atoms with Crippen LogP contribution < -0.4 is 0 Å². The Kier molecular flexibility index (Phi) is 2.48. The minimum Gasteiger partial charge on any atom is -0.388 e. The van der Waals surface area contributed by atoms with E-state index >= 15 is 0 Å². The van der Waals surface area contributed by atoms with Crippen LogP contribution in [0.2, 0.25) is 0 Å². The van der Waals surface area contributed by atoms with E-state index in [1.165, 1.54) is 5.56 Å². The van der Waals surface area contributed by atoms with Gasteiger partial charge in [0.25, 0.3) is 0 Å². The van der Waals surface area contributed by atoms with E-state index in [4.69, 9.17) is 4.52 Å². The van der Waals surface area contributed by atoms with Gasteiger partial charge in [-0.05, 0) is 24.8 Å². The highest BCUT2D eigenvalue weighted by Crippen LogP contribution is 2.30. The molecule has 0 saturated carbocycles. The van der Waals surface area contributed by atoms with Gasteiger partial charge in [-0.25, -0.2) is 0 Å². The summed E-state index contributed by atoms with van der Waals surface area (Å²) in [4.78, 5) is 4.17. The van der Waals surface area contributed by atoms with E-state index in [0.29, 0.717) is 18.3 Å². The molecule has 0 amide bonds. The van der Waals surface area contributed by atoms with Crippen LogP contribution in [0.5, 0.6) is 0 Å².